The number of para-hydroxylation sites is 1. The molecule has 0 saturated heterocycles. The first kappa shape index (κ1) is 18.0. The number of nitriles is 1. The molecule has 0 bridgehead atoms. The number of nitrogens with one attached hydrogen (secondary N) is 1. The molecule has 0 atom stereocenters. The molecule has 0 spiro atoms. The van der Waals surface area contributed by atoms with E-state index in [4.69, 9.17) is 21.4 Å². The van der Waals surface area contributed by atoms with Gasteiger partial charge in [0.25, 0.3) is 5.91 Å². The number of benzene rings is 2. The summed E-state index contributed by atoms with van der Waals surface area (Å²) in [6, 6.07) is 12.5. The number of rotatable bonds is 5. The number of carbonyl (C=O) groups excluding carboxylic acids is 1. The molecule has 0 aliphatic carbocycles. The van der Waals surface area contributed by atoms with E-state index < -0.39 is 11.9 Å². The largest absolute Gasteiger partial charge is 0.495 e. The van der Waals surface area contributed by atoms with Gasteiger partial charge < -0.3 is 15.2 Å². The van der Waals surface area contributed by atoms with Crippen LogP contribution in [0.4, 0.5) is 5.69 Å². The van der Waals surface area contributed by atoms with Gasteiger partial charge in [-0.1, -0.05) is 29.8 Å². The van der Waals surface area contributed by atoms with E-state index in [1.165, 1.54) is 25.3 Å². The number of anilines is 1. The van der Waals surface area contributed by atoms with Gasteiger partial charge in [-0.05, 0) is 35.9 Å². The zero-order valence-electron chi connectivity index (χ0n) is 13.1. The number of ether oxygens (including phenoxy) is 1. The van der Waals surface area contributed by atoms with Crippen molar-refractivity contribution < 1.29 is 19.4 Å². The van der Waals surface area contributed by atoms with Crippen molar-refractivity contribution in [2.75, 3.05) is 12.4 Å². The van der Waals surface area contributed by atoms with Crippen molar-refractivity contribution in [3.63, 3.8) is 0 Å². The minimum absolute atomic E-state index is 0.0689. The lowest BCUT2D eigenvalue weighted by atomic mass is 10.1. The summed E-state index contributed by atoms with van der Waals surface area (Å²) < 4.78 is 5.04. The third-order valence-electron chi connectivity index (χ3n) is 3.26. The highest BCUT2D eigenvalue weighted by molar-refractivity contribution is 6.32. The minimum Gasteiger partial charge on any atom is -0.495 e. The van der Waals surface area contributed by atoms with Crippen molar-refractivity contribution in [2.45, 2.75) is 0 Å². The summed E-state index contributed by atoms with van der Waals surface area (Å²) >= 11 is 6.02. The van der Waals surface area contributed by atoms with Crippen LogP contribution in [-0.2, 0) is 4.79 Å². The molecular formula is C18H13ClN2O4. The molecule has 0 radical (unpaired) electrons. The Kier molecular flexibility index (Phi) is 5.77. The van der Waals surface area contributed by atoms with Crippen molar-refractivity contribution in [3.8, 4) is 11.8 Å². The van der Waals surface area contributed by atoms with Gasteiger partial charge in [0.15, 0.2) is 0 Å². The summed E-state index contributed by atoms with van der Waals surface area (Å²) in [7, 11) is 1.48. The number of carbonyl (C=O) groups is 2. The predicted octanol–water partition coefficient (Wildman–Crippen LogP) is 3.59. The fraction of sp³-hybridized carbons (Fsp3) is 0.0556. The van der Waals surface area contributed by atoms with Crippen molar-refractivity contribution >= 4 is 35.2 Å². The SMILES string of the molecule is COc1ccc(/C=C(\C#N)C(=O)Nc2ccccc2C(=O)O)cc1Cl. The standard InChI is InChI=1S/C18H13ClN2O4/c1-25-16-7-6-11(9-14(16)19)8-12(10-20)17(22)21-15-5-3-2-4-13(15)18(23)24/h2-9H,1H3,(H,21,22)(H,23,24)/b12-8+. The molecule has 0 aliphatic rings. The lowest BCUT2D eigenvalue weighted by Gasteiger charge is -2.08. The van der Waals surface area contributed by atoms with E-state index in [1.54, 1.807) is 36.4 Å². The Hall–Kier alpha value is -3.30. The number of halogens is 1. The fourth-order valence-electron chi connectivity index (χ4n) is 2.06. The van der Waals surface area contributed by atoms with Gasteiger partial charge in [0, 0.05) is 0 Å². The maximum atomic E-state index is 12.3. The van der Waals surface area contributed by atoms with Crippen molar-refractivity contribution in [1.82, 2.24) is 0 Å². The average molecular weight is 357 g/mol. The van der Waals surface area contributed by atoms with E-state index in [9.17, 15) is 14.9 Å². The Balaban J connectivity index is 2.29. The van der Waals surface area contributed by atoms with Crippen LogP contribution in [0.2, 0.25) is 5.02 Å². The smallest absolute Gasteiger partial charge is 0.337 e. The second-order valence-corrected chi connectivity index (χ2v) is 5.28. The first-order valence-corrected chi connectivity index (χ1v) is 7.43. The molecule has 0 fully saturated rings. The third kappa shape index (κ3) is 4.37. The van der Waals surface area contributed by atoms with Gasteiger partial charge in [-0.2, -0.15) is 5.26 Å². The average Bonchev–Trinajstić information content (AvgIpc) is 2.60. The van der Waals surface area contributed by atoms with Crippen molar-refractivity contribution in [1.29, 1.82) is 5.26 Å². The monoisotopic (exact) mass is 356 g/mol. The Morgan fingerprint density at radius 1 is 1.28 bits per heavy atom. The van der Waals surface area contributed by atoms with Crippen molar-refractivity contribution in [3.05, 3.63) is 64.2 Å². The Morgan fingerprint density at radius 3 is 2.60 bits per heavy atom. The van der Waals surface area contributed by atoms with Crippen LogP contribution in [0.15, 0.2) is 48.0 Å². The van der Waals surface area contributed by atoms with Crippen LogP contribution < -0.4 is 10.1 Å². The van der Waals surface area contributed by atoms with Gasteiger partial charge >= 0.3 is 5.97 Å². The van der Waals surface area contributed by atoms with E-state index in [0.29, 0.717) is 16.3 Å². The molecular weight excluding hydrogens is 344 g/mol. The lowest BCUT2D eigenvalue weighted by molar-refractivity contribution is -0.112. The quantitative estimate of drug-likeness (QED) is 0.630. The molecule has 126 valence electrons. The molecule has 2 rings (SSSR count). The summed E-state index contributed by atoms with van der Waals surface area (Å²) in [6.45, 7) is 0. The fourth-order valence-corrected chi connectivity index (χ4v) is 2.32. The maximum Gasteiger partial charge on any atom is 0.337 e. The highest BCUT2D eigenvalue weighted by atomic mass is 35.5. The van der Waals surface area contributed by atoms with Gasteiger partial charge in [-0.25, -0.2) is 4.79 Å². The number of nitrogens with zero attached hydrogens (tertiary/aromatic N) is 1. The second-order valence-electron chi connectivity index (χ2n) is 4.87. The molecule has 2 aromatic carbocycles. The number of hydrogen-bond donors (Lipinski definition) is 2. The number of carboxylic acid groups (broad SMARTS) is 1. The first-order valence-electron chi connectivity index (χ1n) is 7.05. The normalized spacial score (nSPS) is 10.7. The molecule has 2 aromatic rings. The summed E-state index contributed by atoms with van der Waals surface area (Å²) in [6.07, 6.45) is 1.35. The molecule has 0 unspecified atom stereocenters. The number of hydrogen-bond acceptors (Lipinski definition) is 4. The highest BCUT2D eigenvalue weighted by Gasteiger charge is 2.15. The molecule has 7 heteroatoms. The first-order chi connectivity index (χ1) is 12.0. The Morgan fingerprint density at radius 2 is 2.00 bits per heavy atom. The van der Waals surface area contributed by atoms with Crippen LogP contribution in [-0.4, -0.2) is 24.1 Å². The van der Waals surface area contributed by atoms with E-state index in [2.05, 4.69) is 5.32 Å². The van der Waals surface area contributed by atoms with Crippen LogP contribution in [0.1, 0.15) is 15.9 Å². The molecule has 0 heterocycles. The predicted molar refractivity (Wildman–Crippen MR) is 93.6 cm³/mol. The molecule has 25 heavy (non-hydrogen) atoms. The van der Waals surface area contributed by atoms with Gasteiger partial charge in [0.2, 0.25) is 0 Å². The molecule has 6 nitrogen and oxygen atoms in total. The van der Waals surface area contributed by atoms with Gasteiger partial charge in [0.1, 0.15) is 17.4 Å². The topological polar surface area (TPSA) is 99.4 Å². The van der Waals surface area contributed by atoms with Crippen molar-refractivity contribution in [2.24, 2.45) is 0 Å². The number of carboxylic acids is 1. The van der Waals surface area contributed by atoms with Crippen LogP contribution >= 0.6 is 11.6 Å². The maximum absolute atomic E-state index is 12.3. The van der Waals surface area contributed by atoms with E-state index in [-0.39, 0.29) is 16.8 Å². The van der Waals surface area contributed by atoms with Gasteiger partial charge in [-0.15, -0.1) is 0 Å². The van der Waals surface area contributed by atoms with Gasteiger partial charge in [0.05, 0.1) is 23.4 Å². The number of amides is 1. The van der Waals surface area contributed by atoms with Crippen LogP contribution in [0.5, 0.6) is 5.75 Å². The van der Waals surface area contributed by atoms with Crippen LogP contribution in [0.25, 0.3) is 6.08 Å². The molecule has 2 N–H and O–H groups in total. The summed E-state index contributed by atoms with van der Waals surface area (Å²) in [5.74, 6) is -1.43. The van der Waals surface area contributed by atoms with Crippen LogP contribution in [0, 0.1) is 11.3 Å². The third-order valence-corrected chi connectivity index (χ3v) is 3.55. The second kappa shape index (κ2) is 7.99. The summed E-state index contributed by atoms with van der Waals surface area (Å²) in [4.78, 5) is 23.5. The number of methoxy groups -OCH3 is 1. The van der Waals surface area contributed by atoms with E-state index in [0.717, 1.165) is 0 Å². The lowest BCUT2D eigenvalue weighted by Crippen LogP contribution is -2.16. The summed E-state index contributed by atoms with van der Waals surface area (Å²) in [5.41, 5.74) is 0.375. The van der Waals surface area contributed by atoms with Gasteiger partial charge in [-0.3, -0.25) is 4.79 Å². The molecule has 0 aliphatic heterocycles. The minimum atomic E-state index is -1.18. The van der Waals surface area contributed by atoms with Crippen LogP contribution in [0.3, 0.4) is 0 Å². The zero-order chi connectivity index (χ0) is 18.4. The summed E-state index contributed by atoms with van der Waals surface area (Å²) in [5, 5.41) is 21.1. The highest BCUT2D eigenvalue weighted by Crippen LogP contribution is 2.26. The Labute approximate surface area is 148 Å². The van der Waals surface area contributed by atoms with E-state index in [1.807, 2.05) is 0 Å². The number of aromatic carboxylic acids is 1. The zero-order valence-corrected chi connectivity index (χ0v) is 13.9. The Bertz CT molecular complexity index is 900. The molecule has 0 aromatic heterocycles. The van der Waals surface area contributed by atoms with E-state index >= 15 is 0 Å². The molecule has 0 saturated carbocycles. The molecule has 1 amide bonds.